The Labute approximate surface area is 141 Å². The molecule has 126 valence electrons. The van der Waals surface area contributed by atoms with Crippen molar-refractivity contribution in [2.75, 3.05) is 25.0 Å². The Morgan fingerprint density at radius 1 is 1.08 bits per heavy atom. The Hall–Kier alpha value is -2.53. The first kappa shape index (κ1) is 16.3. The van der Waals surface area contributed by atoms with Gasteiger partial charge in [0.2, 0.25) is 0 Å². The second-order valence-electron chi connectivity index (χ2n) is 5.95. The van der Waals surface area contributed by atoms with E-state index in [2.05, 4.69) is 5.32 Å². The summed E-state index contributed by atoms with van der Waals surface area (Å²) < 4.78 is 5.87. The van der Waals surface area contributed by atoms with Crippen molar-refractivity contribution in [3.8, 4) is 11.5 Å². The quantitative estimate of drug-likeness (QED) is 0.900. The third-order valence-corrected chi connectivity index (χ3v) is 4.26. The van der Waals surface area contributed by atoms with Crippen LogP contribution in [0.3, 0.4) is 0 Å². The summed E-state index contributed by atoms with van der Waals surface area (Å²) in [6.45, 7) is 1.53. The van der Waals surface area contributed by atoms with Gasteiger partial charge in [0.25, 0.3) is 0 Å². The summed E-state index contributed by atoms with van der Waals surface area (Å²) >= 11 is 0. The smallest absolute Gasteiger partial charge is 0.321 e. The second-order valence-corrected chi connectivity index (χ2v) is 5.95. The maximum atomic E-state index is 12.5. The molecule has 1 saturated heterocycles. The number of nitrogens with zero attached hydrogens (tertiary/aromatic N) is 1. The van der Waals surface area contributed by atoms with Gasteiger partial charge in [0.05, 0.1) is 5.69 Å². The summed E-state index contributed by atoms with van der Waals surface area (Å²) in [5.74, 6) is 1.65. The predicted molar refractivity (Wildman–Crippen MR) is 93.4 cm³/mol. The number of amides is 2. The summed E-state index contributed by atoms with van der Waals surface area (Å²) in [6, 6.07) is 16.8. The number of hydrogen-bond donors (Lipinski definition) is 2. The van der Waals surface area contributed by atoms with Crippen LogP contribution in [-0.2, 0) is 0 Å². The topological polar surface area (TPSA) is 61.8 Å². The van der Waals surface area contributed by atoms with E-state index in [1.807, 2.05) is 54.6 Å². The van der Waals surface area contributed by atoms with Gasteiger partial charge in [-0.05, 0) is 43.0 Å². The zero-order chi connectivity index (χ0) is 16.8. The lowest BCUT2D eigenvalue weighted by Crippen LogP contribution is -2.41. The Morgan fingerprint density at radius 3 is 2.46 bits per heavy atom. The number of aliphatic hydroxyl groups is 1. The van der Waals surface area contributed by atoms with Crippen LogP contribution in [0, 0.1) is 5.92 Å². The molecule has 0 atom stereocenters. The van der Waals surface area contributed by atoms with Crippen LogP contribution in [0.15, 0.2) is 54.6 Å². The first-order chi connectivity index (χ1) is 11.8. The van der Waals surface area contributed by atoms with E-state index in [1.54, 1.807) is 4.90 Å². The highest BCUT2D eigenvalue weighted by Gasteiger charge is 2.22. The fraction of sp³-hybridized carbons (Fsp3) is 0.316. The van der Waals surface area contributed by atoms with Crippen molar-refractivity contribution in [3.63, 3.8) is 0 Å². The molecule has 2 N–H and O–H groups in total. The van der Waals surface area contributed by atoms with E-state index in [-0.39, 0.29) is 12.6 Å². The Morgan fingerprint density at radius 2 is 1.75 bits per heavy atom. The summed E-state index contributed by atoms with van der Waals surface area (Å²) in [6.07, 6.45) is 1.68. The Balaban J connectivity index is 1.66. The van der Waals surface area contributed by atoms with Gasteiger partial charge in [0.15, 0.2) is 5.75 Å². The van der Waals surface area contributed by atoms with Crippen molar-refractivity contribution in [1.82, 2.24) is 4.90 Å². The highest BCUT2D eigenvalue weighted by atomic mass is 16.5. The zero-order valence-electron chi connectivity index (χ0n) is 13.5. The normalized spacial score (nSPS) is 15.1. The van der Waals surface area contributed by atoms with Gasteiger partial charge >= 0.3 is 6.03 Å². The lowest BCUT2D eigenvalue weighted by atomic mass is 9.98. The van der Waals surface area contributed by atoms with Crippen LogP contribution < -0.4 is 10.1 Å². The number of hydrogen-bond acceptors (Lipinski definition) is 3. The number of benzene rings is 2. The minimum atomic E-state index is -0.129. The average Bonchev–Trinajstić information content (AvgIpc) is 2.64. The van der Waals surface area contributed by atoms with Crippen molar-refractivity contribution in [2.24, 2.45) is 5.92 Å². The van der Waals surface area contributed by atoms with Gasteiger partial charge in [-0.3, -0.25) is 0 Å². The van der Waals surface area contributed by atoms with E-state index in [9.17, 15) is 9.90 Å². The molecule has 1 heterocycles. The van der Waals surface area contributed by atoms with Gasteiger partial charge in [-0.15, -0.1) is 0 Å². The van der Waals surface area contributed by atoms with Crippen LogP contribution in [0.2, 0.25) is 0 Å². The predicted octanol–water partition coefficient (Wildman–Crippen LogP) is 3.72. The van der Waals surface area contributed by atoms with E-state index in [4.69, 9.17) is 4.74 Å². The molecule has 0 bridgehead atoms. The van der Waals surface area contributed by atoms with Gasteiger partial charge in [-0.25, -0.2) is 4.79 Å². The molecule has 0 spiro atoms. The minimum absolute atomic E-state index is 0.129. The van der Waals surface area contributed by atoms with Crippen LogP contribution in [0.5, 0.6) is 11.5 Å². The Kier molecular flexibility index (Phi) is 5.33. The molecule has 0 aliphatic carbocycles. The number of urea groups is 1. The third kappa shape index (κ3) is 4.06. The molecule has 0 aromatic heterocycles. The molecule has 1 aliphatic heterocycles. The van der Waals surface area contributed by atoms with Gasteiger partial charge < -0.3 is 20.1 Å². The molecule has 2 aromatic rings. The number of carbonyl (C=O) groups is 1. The van der Waals surface area contributed by atoms with Gasteiger partial charge in [0.1, 0.15) is 5.75 Å². The SMILES string of the molecule is O=C(Nc1ccccc1Oc1ccccc1)N1CCC(CO)CC1. The van der Waals surface area contributed by atoms with Crippen LogP contribution in [0.25, 0.3) is 0 Å². The van der Waals surface area contributed by atoms with E-state index in [1.165, 1.54) is 0 Å². The van der Waals surface area contributed by atoms with Crippen molar-refractivity contribution < 1.29 is 14.6 Å². The van der Waals surface area contributed by atoms with E-state index in [0.29, 0.717) is 30.4 Å². The van der Waals surface area contributed by atoms with Crippen LogP contribution >= 0.6 is 0 Å². The highest BCUT2D eigenvalue weighted by Crippen LogP contribution is 2.29. The third-order valence-electron chi connectivity index (χ3n) is 4.26. The summed E-state index contributed by atoms with van der Waals surface area (Å²) in [5, 5.41) is 12.1. The standard InChI is InChI=1S/C19H22N2O3/c22-14-15-10-12-21(13-11-15)19(23)20-17-8-4-5-9-18(17)24-16-6-2-1-3-7-16/h1-9,15,22H,10-14H2,(H,20,23). The lowest BCUT2D eigenvalue weighted by Gasteiger charge is -2.31. The number of carbonyl (C=O) groups excluding carboxylic acids is 1. The molecule has 5 nitrogen and oxygen atoms in total. The number of likely N-dealkylation sites (tertiary alicyclic amines) is 1. The maximum Gasteiger partial charge on any atom is 0.321 e. The van der Waals surface area contributed by atoms with Crippen LogP contribution in [0.4, 0.5) is 10.5 Å². The van der Waals surface area contributed by atoms with E-state index < -0.39 is 0 Å². The molecule has 5 heteroatoms. The molecule has 0 radical (unpaired) electrons. The molecule has 0 unspecified atom stereocenters. The minimum Gasteiger partial charge on any atom is -0.455 e. The second kappa shape index (κ2) is 7.84. The number of aliphatic hydroxyl groups excluding tert-OH is 1. The van der Waals surface area contributed by atoms with Gasteiger partial charge in [-0.1, -0.05) is 30.3 Å². The first-order valence-corrected chi connectivity index (χ1v) is 8.25. The molecule has 24 heavy (non-hydrogen) atoms. The number of nitrogens with one attached hydrogen (secondary N) is 1. The van der Waals surface area contributed by atoms with Crippen LogP contribution in [-0.4, -0.2) is 35.7 Å². The number of ether oxygens (including phenoxy) is 1. The molecule has 1 fully saturated rings. The summed E-state index contributed by atoms with van der Waals surface area (Å²) in [7, 11) is 0. The van der Waals surface area contributed by atoms with Crippen molar-refractivity contribution >= 4 is 11.7 Å². The van der Waals surface area contributed by atoms with Crippen molar-refractivity contribution in [1.29, 1.82) is 0 Å². The van der Waals surface area contributed by atoms with Gasteiger partial charge in [-0.2, -0.15) is 0 Å². The highest BCUT2D eigenvalue weighted by molar-refractivity contribution is 5.91. The van der Waals surface area contributed by atoms with Crippen molar-refractivity contribution in [3.05, 3.63) is 54.6 Å². The van der Waals surface area contributed by atoms with E-state index in [0.717, 1.165) is 18.6 Å². The maximum absolute atomic E-state index is 12.5. The fourth-order valence-electron chi connectivity index (χ4n) is 2.79. The zero-order valence-corrected chi connectivity index (χ0v) is 13.5. The molecular formula is C19H22N2O3. The largest absolute Gasteiger partial charge is 0.455 e. The first-order valence-electron chi connectivity index (χ1n) is 8.25. The number of rotatable bonds is 4. The summed E-state index contributed by atoms with van der Waals surface area (Å²) in [4.78, 5) is 14.2. The van der Waals surface area contributed by atoms with Crippen LogP contribution in [0.1, 0.15) is 12.8 Å². The number of para-hydroxylation sites is 3. The fourth-order valence-corrected chi connectivity index (χ4v) is 2.79. The number of piperidine rings is 1. The van der Waals surface area contributed by atoms with Gasteiger partial charge in [0, 0.05) is 19.7 Å². The van der Waals surface area contributed by atoms with Crippen molar-refractivity contribution in [2.45, 2.75) is 12.8 Å². The molecule has 2 amide bonds. The molecule has 1 aliphatic rings. The molecule has 3 rings (SSSR count). The number of anilines is 1. The lowest BCUT2D eigenvalue weighted by molar-refractivity contribution is 0.143. The van der Waals surface area contributed by atoms with E-state index >= 15 is 0 Å². The monoisotopic (exact) mass is 326 g/mol. The molecule has 0 saturated carbocycles. The molecule has 2 aromatic carbocycles. The Bertz CT molecular complexity index is 667. The molecular weight excluding hydrogens is 304 g/mol. The summed E-state index contributed by atoms with van der Waals surface area (Å²) in [5.41, 5.74) is 0.649. The average molecular weight is 326 g/mol.